The molecule has 3 atom stereocenters. The number of β-lactam (4-membered cyclic amide) rings is 1. The Hall–Kier alpha value is -1.54. The van der Waals surface area contributed by atoms with Crippen molar-refractivity contribution in [2.24, 2.45) is 0 Å². The molecule has 1 fully saturated rings. The number of nitrogens with one attached hydrogen (secondary N) is 1. The maximum atomic E-state index is 12.8. The van der Waals surface area contributed by atoms with Gasteiger partial charge in [-0.2, -0.15) is 0 Å². The fourth-order valence-corrected chi connectivity index (χ4v) is 8.35. The molecule has 0 bridgehead atoms. The fourth-order valence-electron chi connectivity index (χ4n) is 3.30. The molecular weight excluding hydrogens is 497 g/mol. The summed E-state index contributed by atoms with van der Waals surface area (Å²) in [5, 5.41) is 22.6. The zero-order valence-electron chi connectivity index (χ0n) is 16.4. The third-order valence-electron chi connectivity index (χ3n) is 4.70. The Morgan fingerprint density at radius 2 is 2.23 bits per heavy atom. The fraction of sp³-hybridized carbons (Fsp3) is 0.389. The number of thiophene rings is 1. The number of amides is 2. The predicted molar refractivity (Wildman–Crippen MR) is 126 cm³/mol. The predicted octanol–water partition coefficient (Wildman–Crippen LogP) is 2.84. The highest BCUT2D eigenvalue weighted by Crippen LogP contribution is 2.42. The van der Waals surface area contributed by atoms with Crippen molar-refractivity contribution in [1.29, 1.82) is 0 Å². The van der Waals surface area contributed by atoms with Crippen LogP contribution in [0.4, 0.5) is 0 Å². The summed E-state index contributed by atoms with van der Waals surface area (Å²) in [5.41, 5.74) is 0.693. The van der Waals surface area contributed by atoms with E-state index in [0.29, 0.717) is 17.1 Å². The third kappa shape index (κ3) is 4.51. The summed E-state index contributed by atoms with van der Waals surface area (Å²) in [6.45, 7) is 1.86. The Bertz CT molecular complexity index is 1040. The quantitative estimate of drug-likeness (QED) is 0.406. The van der Waals surface area contributed by atoms with Crippen LogP contribution >= 0.6 is 58.0 Å². The minimum absolute atomic E-state index is 0.0210. The first-order valence-corrected chi connectivity index (χ1v) is 14.1. The van der Waals surface area contributed by atoms with Gasteiger partial charge >= 0.3 is 5.97 Å². The maximum Gasteiger partial charge on any atom is 0.352 e. The molecule has 2 aliphatic rings. The minimum Gasteiger partial charge on any atom is -0.477 e. The van der Waals surface area contributed by atoms with Crippen LogP contribution in [0.2, 0.25) is 0 Å². The molecule has 4 rings (SSSR count). The van der Waals surface area contributed by atoms with Crippen molar-refractivity contribution in [3.8, 4) is 0 Å². The van der Waals surface area contributed by atoms with Crippen LogP contribution in [-0.2, 0) is 14.4 Å². The van der Waals surface area contributed by atoms with Gasteiger partial charge in [0.1, 0.15) is 27.4 Å². The molecule has 0 aliphatic carbocycles. The van der Waals surface area contributed by atoms with Crippen LogP contribution < -0.4 is 5.32 Å². The number of rotatable bonds is 8. The molecule has 31 heavy (non-hydrogen) atoms. The second-order valence-corrected chi connectivity index (χ2v) is 12.1. The van der Waals surface area contributed by atoms with Crippen LogP contribution in [0.3, 0.4) is 0 Å². The average Bonchev–Trinajstić information content (AvgIpc) is 3.42. The molecule has 1 saturated heterocycles. The van der Waals surface area contributed by atoms with Gasteiger partial charge in [-0.3, -0.25) is 14.5 Å². The average molecular weight is 515 g/mol. The summed E-state index contributed by atoms with van der Waals surface area (Å²) >= 11 is 7.23. The molecule has 0 spiro atoms. The summed E-state index contributed by atoms with van der Waals surface area (Å²) in [5.74, 6) is -0.855. The summed E-state index contributed by atoms with van der Waals surface area (Å²) in [4.78, 5) is 39.8. The van der Waals surface area contributed by atoms with Crippen LogP contribution in [0, 0.1) is 6.92 Å². The molecule has 164 valence electrons. The van der Waals surface area contributed by atoms with Gasteiger partial charge < -0.3 is 10.4 Å². The van der Waals surface area contributed by atoms with Gasteiger partial charge in [0.05, 0.1) is 0 Å². The van der Waals surface area contributed by atoms with E-state index < -0.39 is 22.6 Å². The lowest BCUT2D eigenvalue weighted by atomic mass is 10.0. The van der Waals surface area contributed by atoms with Gasteiger partial charge in [-0.25, -0.2) is 4.79 Å². The number of thioether (sulfide) groups is 3. The highest BCUT2D eigenvalue weighted by atomic mass is 32.2. The number of aliphatic carboxylic acids is 1. The van der Waals surface area contributed by atoms with Crippen molar-refractivity contribution in [2.45, 2.75) is 27.9 Å². The standard InChI is InChI=1S/C18H18N4O4S5/c1-8-20-21-18(31-8)30-7-9-6-29-16-11(15(24)22(16)12(9)17(25)26)19-14(23)13(27-2)10-4-3-5-28-10/h3-5,11,13,16H,6-7H2,1-2H3,(H,19,23)(H,25,26)/t11?,13?,16-/m0/s1. The lowest BCUT2D eigenvalue weighted by molar-refractivity contribution is -0.150. The first-order valence-electron chi connectivity index (χ1n) is 9.10. The molecule has 2 N–H and O–H groups in total. The van der Waals surface area contributed by atoms with Crippen LogP contribution in [0.1, 0.15) is 15.1 Å². The number of aryl methyl sites for hydroxylation is 1. The summed E-state index contributed by atoms with van der Waals surface area (Å²) in [7, 11) is 0. The highest BCUT2D eigenvalue weighted by molar-refractivity contribution is 8.02. The number of aromatic nitrogens is 2. The van der Waals surface area contributed by atoms with Gasteiger partial charge in [0.25, 0.3) is 5.91 Å². The smallest absolute Gasteiger partial charge is 0.352 e. The van der Waals surface area contributed by atoms with E-state index in [1.807, 2.05) is 30.7 Å². The van der Waals surface area contributed by atoms with E-state index in [1.165, 1.54) is 62.9 Å². The second kappa shape index (κ2) is 9.53. The summed E-state index contributed by atoms with van der Waals surface area (Å²) in [6.07, 6.45) is 1.85. The maximum absolute atomic E-state index is 12.8. The van der Waals surface area contributed by atoms with Gasteiger partial charge in [0.2, 0.25) is 5.91 Å². The Labute approximate surface area is 199 Å². The molecule has 4 heterocycles. The van der Waals surface area contributed by atoms with Crippen LogP contribution in [0.25, 0.3) is 0 Å². The van der Waals surface area contributed by atoms with E-state index in [9.17, 15) is 19.5 Å². The number of carboxylic acid groups (broad SMARTS) is 1. The lowest BCUT2D eigenvalue weighted by Gasteiger charge is -2.49. The van der Waals surface area contributed by atoms with Crippen molar-refractivity contribution in [3.05, 3.63) is 38.7 Å². The molecule has 0 saturated carbocycles. The zero-order valence-corrected chi connectivity index (χ0v) is 20.5. The lowest BCUT2D eigenvalue weighted by Crippen LogP contribution is -2.70. The van der Waals surface area contributed by atoms with Gasteiger partial charge in [-0.15, -0.1) is 45.1 Å². The van der Waals surface area contributed by atoms with Crippen LogP contribution in [-0.4, -0.2) is 67.2 Å². The van der Waals surface area contributed by atoms with Gasteiger partial charge in [0, 0.05) is 16.4 Å². The molecule has 2 aromatic heterocycles. The van der Waals surface area contributed by atoms with Crippen LogP contribution in [0.15, 0.2) is 33.1 Å². The van der Waals surface area contributed by atoms with E-state index in [4.69, 9.17) is 0 Å². The normalized spacial score (nSPS) is 21.5. The van der Waals surface area contributed by atoms with Gasteiger partial charge in [-0.1, -0.05) is 29.2 Å². The number of nitrogens with zero attached hydrogens (tertiary/aromatic N) is 3. The first kappa shape index (κ1) is 22.6. The van der Waals surface area contributed by atoms with Crippen molar-refractivity contribution in [2.75, 3.05) is 17.8 Å². The molecular formula is C18H18N4O4S5. The molecule has 2 unspecified atom stereocenters. The monoisotopic (exact) mass is 514 g/mol. The number of carbonyl (C=O) groups is 3. The SMILES string of the molecule is CSC(C(=O)NC1C(=O)N2C(C(=O)O)=C(CSc3nnc(C)s3)CS[C@@H]12)c1cccs1. The first-order chi connectivity index (χ1) is 14.9. The molecule has 2 amide bonds. The zero-order chi connectivity index (χ0) is 22.1. The van der Waals surface area contributed by atoms with Crippen molar-refractivity contribution in [3.63, 3.8) is 0 Å². The summed E-state index contributed by atoms with van der Waals surface area (Å²) < 4.78 is 0.763. The topological polar surface area (TPSA) is 112 Å². The largest absolute Gasteiger partial charge is 0.477 e. The number of hydrogen-bond donors (Lipinski definition) is 2. The third-order valence-corrected chi connectivity index (χ3v) is 10.1. The van der Waals surface area contributed by atoms with E-state index in [-0.39, 0.29) is 17.5 Å². The molecule has 2 aromatic rings. The van der Waals surface area contributed by atoms with Crippen molar-refractivity contribution < 1.29 is 19.5 Å². The Balaban J connectivity index is 1.46. The Morgan fingerprint density at radius 1 is 1.42 bits per heavy atom. The molecule has 8 nitrogen and oxygen atoms in total. The van der Waals surface area contributed by atoms with Gasteiger partial charge in [-0.05, 0) is 30.2 Å². The van der Waals surface area contributed by atoms with Gasteiger partial charge in [0.15, 0.2) is 4.34 Å². The number of fused-ring (bicyclic) bond motifs is 1. The minimum atomic E-state index is -1.13. The van der Waals surface area contributed by atoms with E-state index in [1.54, 1.807) is 0 Å². The van der Waals surface area contributed by atoms with Crippen LogP contribution in [0.5, 0.6) is 0 Å². The molecule has 13 heteroatoms. The number of carbonyl (C=O) groups excluding carboxylic acids is 2. The summed E-state index contributed by atoms with van der Waals surface area (Å²) in [6, 6.07) is 3.06. The van der Waals surface area contributed by atoms with Crippen molar-refractivity contribution >= 4 is 75.7 Å². The molecule has 0 aromatic carbocycles. The van der Waals surface area contributed by atoms with Crippen molar-refractivity contribution in [1.82, 2.24) is 20.4 Å². The number of hydrogen-bond acceptors (Lipinski definition) is 10. The Kier molecular flexibility index (Phi) is 6.96. The number of carboxylic acids is 1. The highest BCUT2D eigenvalue weighted by Gasteiger charge is 2.54. The Morgan fingerprint density at radius 3 is 2.84 bits per heavy atom. The van der Waals surface area contributed by atoms with E-state index in [0.717, 1.165) is 14.2 Å². The van der Waals surface area contributed by atoms with E-state index in [2.05, 4.69) is 15.5 Å². The second-order valence-electron chi connectivity index (χ2n) is 6.66. The molecule has 2 aliphatic heterocycles. The molecule has 0 radical (unpaired) electrons. The van der Waals surface area contributed by atoms with E-state index >= 15 is 0 Å².